The molecule has 116 valence electrons. The minimum absolute atomic E-state index is 0.370. The largest absolute Gasteiger partial charge is 0.481 e. The molecule has 1 aromatic rings. The number of ether oxygens (including phenoxy) is 2. The Hall–Kier alpha value is -2.32. The summed E-state index contributed by atoms with van der Waals surface area (Å²) < 4.78 is 10.8. The van der Waals surface area contributed by atoms with Crippen LogP contribution in [0.4, 0.5) is 0 Å². The molecule has 5 nitrogen and oxygen atoms in total. The van der Waals surface area contributed by atoms with Gasteiger partial charge in [0, 0.05) is 12.0 Å². The fourth-order valence-electron chi connectivity index (χ4n) is 1.63. The highest BCUT2D eigenvalue weighted by atomic mass is 35.5. The second kappa shape index (κ2) is 8.85. The first kappa shape index (κ1) is 17.7. The lowest BCUT2D eigenvalue weighted by Crippen LogP contribution is -2.01. The summed E-state index contributed by atoms with van der Waals surface area (Å²) >= 11 is 6.16. The van der Waals surface area contributed by atoms with Gasteiger partial charge in [0.2, 0.25) is 11.8 Å². The van der Waals surface area contributed by atoms with Crippen molar-refractivity contribution in [1.82, 2.24) is 9.97 Å². The van der Waals surface area contributed by atoms with Gasteiger partial charge in [-0.05, 0) is 19.1 Å². The topological polar surface area (TPSA) is 68.0 Å². The summed E-state index contributed by atoms with van der Waals surface area (Å²) in [6.45, 7) is 5.79. The van der Waals surface area contributed by atoms with E-state index < -0.39 is 0 Å². The number of allylic oxidation sites excluding steroid dienone is 5. The van der Waals surface area contributed by atoms with E-state index in [1.165, 1.54) is 13.4 Å². The number of aromatic nitrogens is 2. The SMILES string of the molecule is CC.COc1ncnc(OC2=C(Cl)CC=C(C#N)C=C2)c1C. The Balaban J connectivity index is 0.00000116. The normalized spacial score (nSPS) is 13.4. The Morgan fingerprint density at radius 3 is 2.55 bits per heavy atom. The monoisotopic (exact) mass is 319 g/mol. The summed E-state index contributed by atoms with van der Waals surface area (Å²) in [6.07, 6.45) is 6.84. The standard InChI is InChI=1S/C14H12ClN3O2.C2H6/c1-9-13(19-2)17-8-18-14(9)20-12-6-4-10(7-16)3-5-11(12)15;1-2/h3-4,6,8H,5H2,1-2H3;1-2H3. The van der Waals surface area contributed by atoms with Gasteiger partial charge in [-0.3, -0.25) is 0 Å². The number of rotatable bonds is 3. The predicted molar refractivity (Wildman–Crippen MR) is 85.6 cm³/mol. The van der Waals surface area contributed by atoms with E-state index in [1.54, 1.807) is 25.2 Å². The molecule has 0 bridgehead atoms. The summed E-state index contributed by atoms with van der Waals surface area (Å²) in [7, 11) is 1.53. The third kappa shape index (κ3) is 4.34. The summed E-state index contributed by atoms with van der Waals surface area (Å²) in [5.41, 5.74) is 1.22. The Bertz CT molecular complexity index is 658. The highest BCUT2D eigenvalue weighted by molar-refractivity contribution is 6.30. The fraction of sp³-hybridized carbons (Fsp3) is 0.312. The molecule has 0 amide bonds. The van der Waals surface area contributed by atoms with Gasteiger partial charge in [-0.25, -0.2) is 9.97 Å². The van der Waals surface area contributed by atoms with Crippen LogP contribution in [0.25, 0.3) is 0 Å². The molecule has 1 aliphatic rings. The average molecular weight is 320 g/mol. The highest BCUT2D eigenvalue weighted by Crippen LogP contribution is 2.27. The van der Waals surface area contributed by atoms with E-state index in [2.05, 4.69) is 16.0 Å². The van der Waals surface area contributed by atoms with Gasteiger partial charge in [-0.2, -0.15) is 5.26 Å². The zero-order chi connectivity index (χ0) is 16.5. The first-order valence-electron chi connectivity index (χ1n) is 6.86. The van der Waals surface area contributed by atoms with Crippen LogP contribution < -0.4 is 9.47 Å². The van der Waals surface area contributed by atoms with Gasteiger partial charge in [0.1, 0.15) is 12.1 Å². The predicted octanol–water partition coefficient (Wildman–Crippen LogP) is 4.06. The third-order valence-corrected chi connectivity index (χ3v) is 3.04. The van der Waals surface area contributed by atoms with Crippen molar-refractivity contribution in [2.75, 3.05) is 7.11 Å². The van der Waals surface area contributed by atoms with Crippen molar-refractivity contribution in [2.45, 2.75) is 27.2 Å². The van der Waals surface area contributed by atoms with Crippen LogP contribution in [0.5, 0.6) is 11.8 Å². The molecule has 0 fully saturated rings. The molecule has 22 heavy (non-hydrogen) atoms. The molecule has 0 radical (unpaired) electrons. The molecule has 0 saturated heterocycles. The molecule has 0 N–H and O–H groups in total. The van der Waals surface area contributed by atoms with E-state index in [4.69, 9.17) is 26.3 Å². The minimum Gasteiger partial charge on any atom is -0.481 e. The van der Waals surface area contributed by atoms with Crippen molar-refractivity contribution in [1.29, 1.82) is 5.26 Å². The maximum Gasteiger partial charge on any atom is 0.229 e. The molecular formula is C16H18ClN3O2. The van der Waals surface area contributed by atoms with Gasteiger partial charge in [0.05, 0.1) is 23.8 Å². The molecule has 0 aromatic carbocycles. The number of methoxy groups -OCH3 is 1. The van der Waals surface area contributed by atoms with E-state index in [0.29, 0.717) is 40.1 Å². The van der Waals surface area contributed by atoms with Crippen LogP contribution in [0.2, 0.25) is 0 Å². The Morgan fingerprint density at radius 2 is 1.91 bits per heavy atom. The Morgan fingerprint density at radius 1 is 1.23 bits per heavy atom. The van der Waals surface area contributed by atoms with Crippen molar-refractivity contribution in [2.24, 2.45) is 0 Å². The van der Waals surface area contributed by atoms with Gasteiger partial charge >= 0.3 is 0 Å². The van der Waals surface area contributed by atoms with Crippen LogP contribution in [0.15, 0.2) is 40.9 Å². The first-order chi connectivity index (χ1) is 10.7. The van der Waals surface area contributed by atoms with Crippen molar-refractivity contribution in [3.8, 4) is 17.8 Å². The van der Waals surface area contributed by atoms with Crippen LogP contribution in [-0.2, 0) is 0 Å². The molecule has 0 atom stereocenters. The number of hydrogen-bond acceptors (Lipinski definition) is 5. The summed E-state index contributed by atoms with van der Waals surface area (Å²) in [5, 5.41) is 9.38. The van der Waals surface area contributed by atoms with Gasteiger partial charge in [-0.1, -0.05) is 31.5 Å². The molecule has 1 aliphatic carbocycles. The molecule has 6 heteroatoms. The van der Waals surface area contributed by atoms with Crippen molar-refractivity contribution in [3.05, 3.63) is 46.5 Å². The molecule has 2 rings (SSSR count). The number of halogens is 1. The Labute approximate surface area is 135 Å². The smallest absolute Gasteiger partial charge is 0.229 e. The second-order valence-corrected chi connectivity index (χ2v) is 4.45. The lowest BCUT2D eigenvalue weighted by molar-refractivity contribution is 0.375. The van der Waals surface area contributed by atoms with E-state index in [1.807, 2.05) is 13.8 Å². The van der Waals surface area contributed by atoms with Crippen LogP contribution in [0, 0.1) is 18.3 Å². The first-order valence-corrected chi connectivity index (χ1v) is 7.24. The van der Waals surface area contributed by atoms with Gasteiger partial charge in [0.15, 0.2) is 0 Å². The molecular weight excluding hydrogens is 302 g/mol. The van der Waals surface area contributed by atoms with Crippen molar-refractivity contribution >= 4 is 11.6 Å². The number of nitriles is 1. The maximum absolute atomic E-state index is 8.88. The van der Waals surface area contributed by atoms with Gasteiger partial charge < -0.3 is 9.47 Å². The van der Waals surface area contributed by atoms with Crippen LogP contribution in [0.3, 0.4) is 0 Å². The van der Waals surface area contributed by atoms with E-state index in [-0.39, 0.29) is 0 Å². The number of hydrogen-bond donors (Lipinski definition) is 0. The van der Waals surface area contributed by atoms with E-state index in [9.17, 15) is 0 Å². The quantitative estimate of drug-likeness (QED) is 0.840. The van der Waals surface area contributed by atoms with Crippen LogP contribution in [-0.4, -0.2) is 17.1 Å². The lowest BCUT2D eigenvalue weighted by Gasteiger charge is -2.10. The summed E-state index contributed by atoms with van der Waals surface area (Å²) in [5.74, 6) is 1.27. The zero-order valence-corrected chi connectivity index (χ0v) is 13.8. The van der Waals surface area contributed by atoms with Gasteiger partial charge in [-0.15, -0.1) is 0 Å². The number of nitrogens with zero attached hydrogens (tertiary/aromatic N) is 3. The average Bonchev–Trinajstić information content (AvgIpc) is 2.73. The van der Waals surface area contributed by atoms with Gasteiger partial charge in [0.25, 0.3) is 0 Å². The second-order valence-electron chi connectivity index (χ2n) is 3.99. The van der Waals surface area contributed by atoms with Crippen LogP contribution in [0.1, 0.15) is 25.8 Å². The molecule has 0 spiro atoms. The molecule has 0 unspecified atom stereocenters. The summed E-state index contributed by atoms with van der Waals surface area (Å²) in [6, 6.07) is 2.07. The fourth-order valence-corrected chi connectivity index (χ4v) is 1.81. The minimum atomic E-state index is 0.370. The molecule has 0 saturated carbocycles. The maximum atomic E-state index is 8.88. The lowest BCUT2D eigenvalue weighted by atomic mass is 10.2. The molecule has 1 heterocycles. The zero-order valence-electron chi connectivity index (χ0n) is 13.1. The van der Waals surface area contributed by atoms with Crippen molar-refractivity contribution in [3.63, 3.8) is 0 Å². The summed E-state index contributed by atoms with van der Waals surface area (Å²) in [4.78, 5) is 8.04. The van der Waals surface area contributed by atoms with Crippen LogP contribution >= 0.6 is 11.6 Å². The van der Waals surface area contributed by atoms with E-state index >= 15 is 0 Å². The third-order valence-electron chi connectivity index (χ3n) is 2.70. The molecule has 0 aliphatic heterocycles. The van der Waals surface area contributed by atoms with Crippen molar-refractivity contribution < 1.29 is 9.47 Å². The Kier molecular flexibility index (Phi) is 7.14. The molecule has 1 aromatic heterocycles. The van der Waals surface area contributed by atoms with E-state index in [0.717, 1.165) is 0 Å². The highest BCUT2D eigenvalue weighted by Gasteiger charge is 2.13.